The van der Waals surface area contributed by atoms with E-state index < -0.39 is 15.6 Å². The van der Waals surface area contributed by atoms with Crippen molar-refractivity contribution < 1.29 is 17.9 Å². The first kappa shape index (κ1) is 19.5. The molecule has 1 spiro atoms. The van der Waals surface area contributed by atoms with Gasteiger partial charge in [0.25, 0.3) is 0 Å². The Bertz CT molecular complexity index is 903. The summed E-state index contributed by atoms with van der Waals surface area (Å²) in [5.74, 6) is 0.960. The van der Waals surface area contributed by atoms with Crippen LogP contribution in [0.15, 0.2) is 23.1 Å². The van der Waals surface area contributed by atoms with Gasteiger partial charge < -0.3 is 10.1 Å². The number of hydrogen-bond acceptors (Lipinski definition) is 4. The zero-order chi connectivity index (χ0) is 20.1. The number of nitrogens with zero attached hydrogens (tertiary/aromatic N) is 1. The van der Waals surface area contributed by atoms with Gasteiger partial charge >= 0.3 is 0 Å². The van der Waals surface area contributed by atoms with Crippen LogP contribution in [0.1, 0.15) is 49.7 Å². The topological polar surface area (TPSA) is 75.7 Å². The summed E-state index contributed by atoms with van der Waals surface area (Å²) in [6, 6.07) is 5.61. The summed E-state index contributed by atoms with van der Waals surface area (Å²) < 4.78 is 33.6. The van der Waals surface area contributed by atoms with E-state index >= 15 is 0 Å². The number of fused-ring (bicyclic) bond motifs is 1. The lowest BCUT2D eigenvalue weighted by Crippen LogP contribution is -2.63. The molecule has 1 aromatic carbocycles. The first-order valence-electron chi connectivity index (χ1n) is 11.0. The van der Waals surface area contributed by atoms with Crippen molar-refractivity contribution in [3.63, 3.8) is 0 Å². The second-order valence-electron chi connectivity index (χ2n) is 9.43. The number of carbonyl (C=O) groups is 1. The van der Waals surface area contributed by atoms with Crippen molar-refractivity contribution in [1.82, 2.24) is 9.62 Å². The third-order valence-electron chi connectivity index (χ3n) is 6.93. The number of amides is 1. The number of sulfonamides is 1. The molecule has 3 fully saturated rings. The van der Waals surface area contributed by atoms with Crippen molar-refractivity contribution >= 4 is 15.9 Å². The molecule has 1 aromatic rings. The smallest absolute Gasteiger partial charge is 0.243 e. The summed E-state index contributed by atoms with van der Waals surface area (Å²) in [5, 5.41) is 3.01. The molecule has 1 saturated carbocycles. The molecular weight excluding hydrogens is 388 g/mol. The maximum absolute atomic E-state index is 13.1. The van der Waals surface area contributed by atoms with Gasteiger partial charge in [-0.25, -0.2) is 8.42 Å². The third-order valence-corrected chi connectivity index (χ3v) is 8.72. The van der Waals surface area contributed by atoms with Gasteiger partial charge in [-0.05, 0) is 80.0 Å². The lowest BCUT2D eigenvalue weighted by atomic mass is 9.87. The standard InChI is InChI=1S/C22H30N2O4S/c25-21(23-12-16-5-6-16)9-17-11-22(28-13-17)14-24(15-22)29(26,27)20-8-7-18-3-1-2-4-19(18)10-20/h7-8,10,16-17H,1-6,9,11-15H2,(H,23,25). The molecule has 29 heavy (non-hydrogen) atoms. The number of ether oxygens (including phenoxy) is 1. The van der Waals surface area contributed by atoms with Crippen molar-refractivity contribution in [3.8, 4) is 0 Å². The Hall–Kier alpha value is -1.44. The molecule has 2 heterocycles. The van der Waals surface area contributed by atoms with Crippen LogP contribution in [0.2, 0.25) is 0 Å². The maximum Gasteiger partial charge on any atom is 0.243 e. The number of carbonyl (C=O) groups excluding carboxylic acids is 1. The molecule has 5 rings (SSSR count). The van der Waals surface area contributed by atoms with Gasteiger partial charge in [-0.2, -0.15) is 4.31 Å². The molecule has 1 unspecified atom stereocenters. The SMILES string of the molecule is O=C(CC1COC2(C1)CN(S(=O)(=O)c1ccc3c(c1)CCCC3)C2)NCC1CC1. The Morgan fingerprint density at radius 1 is 1.14 bits per heavy atom. The van der Waals surface area contributed by atoms with Gasteiger partial charge in [-0.15, -0.1) is 0 Å². The number of rotatable bonds is 6. The first-order valence-corrected chi connectivity index (χ1v) is 12.4. The van der Waals surface area contributed by atoms with Crippen LogP contribution in [0.4, 0.5) is 0 Å². The predicted octanol–water partition coefficient (Wildman–Crippen LogP) is 2.26. The highest BCUT2D eigenvalue weighted by Gasteiger charge is 2.53. The summed E-state index contributed by atoms with van der Waals surface area (Å²) in [7, 11) is -3.48. The van der Waals surface area contributed by atoms with Gasteiger partial charge in [0.05, 0.1) is 17.1 Å². The molecule has 1 N–H and O–H groups in total. The summed E-state index contributed by atoms with van der Waals surface area (Å²) in [5.41, 5.74) is 2.07. The first-order chi connectivity index (χ1) is 13.9. The lowest BCUT2D eigenvalue weighted by molar-refractivity contribution is -0.122. The zero-order valence-corrected chi connectivity index (χ0v) is 17.7. The van der Waals surface area contributed by atoms with Gasteiger partial charge in [0.1, 0.15) is 0 Å². The van der Waals surface area contributed by atoms with Crippen molar-refractivity contribution in [2.75, 3.05) is 26.2 Å². The average molecular weight is 419 g/mol. The maximum atomic E-state index is 13.1. The summed E-state index contributed by atoms with van der Waals surface area (Å²) in [6.07, 6.45) is 8.03. The fourth-order valence-electron chi connectivity index (χ4n) is 4.99. The van der Waals surface area contributed by atoms with E-state index in [1.54, 1.807) is 6.07 Å². The largest absolute Gasteiger partial charge is 0.372 e. The van der Waals surface area contributed by atoms with E-state index in [9.17, 15) is 13.2 Å². The third kappa shape index (κ3) is 3.97. The van der Waals surface area contributed by atoms with Crippen LogP contribution in [-0.2, 0) is 32.4 Å². The Morgan fingerprint density at radius 3 is 2.66 bits per heavy atom. The molecule has 0 aromatic heterocycles. The van der Waals surface area contributed by atoms with Crippen LogP contribution in [0.5, 0.6) is 0 Å². The quantitative estimate of drug-likeness (QED) is 0.769. The molecule has 1 amide bonds. The molecule has 6 nitrogen and oxygen atoms in total. The molecule has 2 aliphatic carbocycles. The van der Waals surface area contributed by atoms with Crippen LogP contribution in [-0.4, -0.2) is 50.5 Å². The number of nitrogens with one attached hydrogen (secondary N) is 1. The Balaban J connectivity index is 1.17. The fraction of sp³-hybridized carbons (Fsp3) is 0.682. The molecule has 0 bridgehead atoms. The van der Waals surface area contributed by atoms with Crippen molar-refractivity contribution in [2.45, 2.75) is 61.9 Å². The molecule has 1 atom stereocenters. The highest BCUT2D eigenvalue weighted by Crippen LogP contribution is 2.41. The van der Waals surface area contributed by atoms with Crippen LogP contribution in [0.3, 0.4) is 0 Å². The minimum atomic E-state index is -3.48. The number of aryl methyl sites for hydroxylation is 2. The zero-order valence-electron chi connectivity index (χ0n) is 16.9. The monoisotopic (exact) mass is 418 g/mol. The van der Waals surface area contributed by atoms with E-state index in [1.807, 2.05) is 12.1 Å². The summed E-state index contributed by atoms with van der Waals surface area (Å²) >= 11 is 0. The highest BCUT2D eigenvalue weighted by molar-refractivity contribution is 7.89. The van der Waals surface area contributed by atoms with E-state index in [1.165, 1.54) is 34.7 Å². The number of hydrogen-bond donors (Lipinski definition) is 1. The minimum Gasteiger partial charge on any atom is -0.372 e. The average Bonchev–Trinajstić information content (AvgIpc) is 3.43. The second kappa shape index (κ2) is 7.36. The van der Waals surface area contributed by atoms with Gasteiger partial charge in [0, 0.05) is 26.1 Å². The predicted molar refractivity (Wildman–Crippen MR) is 109 cm³/mol. The van der Waals surface area contributed by atoms with E-state index in [2.05, 4.69) is 5.32 Å². The Labute approximate surface area is 173 Å². The second-order valence-corrected chi connectivity index (χ2v) is 11.4. The van der Waals surface area contributed by atoms with E-state index in [0.29, 0.717) is 36.9 Å². The molecule has 2 saturated heterocycles. The van der Waals surface area contributed by atoms with Crippen LogP contribution in [0, 0.1) is 11.8 Å². The Morgan fingerprint density at radius 2 is 1.90 bits per heavy atom. The summed E-state index contributed by atoms with van der Waals surface area (Å²) in [4.78, 5) is 12.5. The molecular formula is C22H30N2O4S. The van der Waals surface area contributed by atoms with Crippen LogP contribution >= 0.6 is 0 Å². The van der Waals surface area contributed by atoms with Gasteiger partial charge in [0.15, 0.2) is 0 Å². The summed E-state index contributed by atoms with van der Waals surface area (Å²) in [6.45, 7) is 2.13. The normalized spacial score (nSPS) is 26.1. The van der Waals surface area contributed by atoms with Crippen molar-refractivity contribution in [2.24, 2.45) is 11.8 Å². The molecule has 4 aliphatic rings. The molecule has 2 aliphatic heterocycles. The molecule has 7 heteroatoms. The fourth-order valence-corrected chi connectivity index (χ4v) is 6.63. The van der Waals surface area contributed by atoms with Gasteiger partial charge in [-0.1, -0.05) is 6.07 Å². The minimum absolute atomic E-state index is 0.0976. The van der Waals surface area contributed by atoms with E-state index in [-0.39, 0.29) is 11.8 Å². The lowest BCUT2D eigenvalue weighted by Gasteiger charge is -2.46. The molecule has 0 radical (unpaired) electrons. The van der Waals surface area contributed by atoms with Crippen LogP contribution < -0.4 is 5.32 Å². The Kier molecular flexibility index (Phi) is 4.95. The van der Waals surface area contributed by atoms with Crippen molar-refractivity contribution in [3.05, 3.63) is 29.3 Å². The molecule has 158 valence electrons. The van der Waals surface area contributed by atoms with E-state index in [0.717, 1.165) is 32.2 Å². The van der Waals surface area contributed by atoms with Gasteiger partial charge in [-0.3, -0.25) is 4.79 Å². The highest BCUT2D eigenvalue weighted by atomic mass is 32.2. The van der Waals surface area contributed by atoms with Crippen LogP contribution in [0.25, 0.3) is 0 Å². The van der Waals surface area contributed by atoms with Gasteiger partial charge in [0.2, 0.25) is 15.9 Å². The van der Waals surface area contributed by atoms with Crippen molar-refractivity contribution in [1.29, 1.82) is 0 Å². The van der Waals surface area contributed by atoms with E-state index in [4.69, 9.17) is 4.74 Å². The number of benzene rings is 1.